The van der Waals surface area contributed by atoms with Gasteiger partial charge in [-0.25, -0.2) is 4.98 Å². The third kappa shape index (κ3) is 3.04. The van der Waals surface area contributed by atoms with Crippen LogP contribution in [-0.4, -0.2) is 16.6 Å². The highest BCUT2D eigenvalue weighted by molar-refractivity contribution is 14.1. The summed E-state index contributed by atoms with van der Waals surface area (Å²) < 4.78 is 6.24. The van der Waals surface area contributed by atoms with Gasteiger partial charge in [0, 0.05) is 6.61 Å². The molecular formula is C11H17IN2O2. The fourth-order valence-electron chi connectivity index (χ4n) is 1.49. The van der Waals surface area contributed by atoms with E-state index in [1.54, 1.807) is 0 Å². The number of rotatable bonds is 4. The quantitative estimate of drug-likeness (QED) is 0.859. The van der Waals surface area contributed by atoms with Crippen LogP contribution in [0, 0.1) is 16.4 Å². The number of hydrogen-bond acceptors (Lipinski definition) is 3. The molecule has 16 heavy (non-hydrogen) atoms. The molecule has 0 saturated carbocycles. The zero-order chi connectivity index (χ0) is 12.3. The third-order valence-electron chi connectivity index (χ3n) is 2.27. The van der Waals surface area contributed by atoms with Gasteiger partial charge < -0.3 is 9.72 Å². The van der Waals surface area contributed by atoms with Crippen LogP contribution in [0.4, 0.5) is 0 Å². The molecule has 90 valence electrons. The van der Waals surface area contributed by atoms with Crippen LogP contribution in [-0.2, 0) is 4.74 Å². The average Bonchev–Trinajstić information content (AvgIpc) is 2.21. The molecule has 0 amide bonds. The van der Waals surface area contributed by atoms with Gasteiger partial charge in [0.05, 0.1) is 9.26 Å². The van der Waals surface area contributed by atoms with Gasteiger partial charge in [0.15, 0.2) is 0 Å². The third-order valence-corrected chi connectivity index (χ3v) is 3.54. The molecular weight excluding hydrogens is 319 g/mol. The van der Waals surface area contributed by atoms with Crippen molar-refractivity contribution in [3.8, 4) is 0 Å². The van der Waals surface area contributed by atoms with Crippen molar-refractivity contribution < 1.29 is 4.74 Å². The van der Waals surface area contributed by atoms with Crippen LogP contribution < -0.4 is 5.56 Å². The lowest BCUT2D eigenvalue weighted by Crippen LogP contribution is -2.22. The molecule has 1 aromatic heterocycles. The number of halogens is 1. The Kier molecular flexibility index (Phi) is 4.91. The number of nitrogens with one attached hydrogen (secondary N) is 1. The molecule has 0 aliphatic carbocycles. The van der Waals surface area contributed by atoms with E-state index in [0.717, 1.165) is 5.69 Å². The SMILES string of the molecule is CCOC(c1nc(C)c(I)c(=O)[nH]1)C(C)C. The molecule has 0 aliphatic heterocycles. The average molecular weight is 336 g/mol. The van der Waals surface area contributed by atoms with Gasteiger partial charge in [-0.1, -0.05) is 13.8 Å². The number of aromatic nitrogens is 2. The number of hydrogen-bond donors (Lipinski definition) is 1. The van der Waals surface area contributed by atoms with Crippen molar-refractivity contribution in [1.29, 1.82) is 0 Å². The lowest BCUT2D eigenvalue weighted by molar-refractivity contribution is 0.0229. The first-order valence-corrected chi connectivity index (χ1v) is 6.43. The van der Waals surface area contributed by atoms with E-state index >= 15 is 0 Å². The minimum absolute atomic E-state index is 0.0894. The summed E-state index contributed by atoms with van der Waals surface area (Å²) in [7, 11) is 0. The summed E-state index contributed by atoms with van der Waals surface area (Å²) in [5, 5.41) is 0. The van der Waals surface area contributed by atoms with E-state index in [9.17, 15) is 4.79 Å². The molecule has 0 aliphatic rings. The van der Waals surface area contributed by atoms with Crippen molar-refractivity contribution in [2.75, 3.05) is 6.61 Å². The number of aromatic amines is 1. The standard InChI is InChI=1S/C11H17IN2O2/c1-5-16-9(6(2)3)10-13-7(4)8(12)11(15)14-10/h6,9H,5H2,1-4H3,(H,13,14,15). The van der Waals surface area contributed by atoms with Gasteiger partial charge in [-0.15, -0.1) is 0 Å². The van der Waals surface area contributed by atoms with Crippen LogP contribution in [0.1, 0.15) is 38.4 Å². The fraction of sp³-hybridized carbons (Fsp3) is 0.636. The lowest BCUT2D eigenvalue weighted by Gasteiger charge is -2.20. The highest BCUT2D eigenvalue weighted by Gasteiger charge is 2.19. The molecule has 4 nitrogen and oxygen atoms in total. The molecule has 0 aromatic carbocycles. The second-order valence-corrected chi connectivity index (χ2v) is 5.05. The van der Waals surface area contributed by atoms with Gasteiger partial charge in [-0.2, -0.15) is 0 Å². The Morgan fingerprint density at radius 1 is 1.50 bits per heavy atom. The van der Waals surface area contributed by atoms with E-state index < -0.39 is 0 Å². The molecule has 1 N–H and O–H groups in total. The first-order chi connectivity index (χ1) is 7.47. The maximum atomic E-state index is 11.6. The molecule has 1 unspecified atom stereocenters. The Hall–Kier alpha value is -0.430. The molecule has 0 fully saturated rings. The van der Waals surface area contributed by atoms with Crippen molar-refractivity contribution >= 4 is 22.6 Å². The number of nitrogens with zero attached hydrogens (tertiary/aromatic N) is 1. The Balaban J connectivity index is 3.15. The van der Waals surface area contributed by atoms with E-state index in [1.807, 2.05) is 50.3 Å². The van der Waals surface area contributed by atoms with Crippen LogP contribution >= 0.6 is 22.6 Å². The first-order valence-electron chi connectivity index (χ1n) is 5.35. The van der Waals surface area contributed by atoms with Gasteiger partial charge in [0.25, 0.3) is 5.56 Å². The van der Waals surface area contributed by atoms with Crippen LogP contribution in [0.5, 0.6) is 0 Å². The number of aryl methyl sites for hydroxylation is 1. The maximum Gasteiger partial charge on any atom is 0.264 e. The summed E-state index contributed by atoms with van der Waals surface area (Å²) in [6.07, 6.45) is -0.145. The second kappa shape index (κ2) is 5.77. The molecule has 1 aromatic rings. The van der Waals surface area contributed by atoms with Crippen molar-refractivity contribution in [3.63, 3.8) is 0 Å². The highest BCUT2D eigenvalue weighted by Crippen LogP contribution is 2.22. The lowest BCUT2D eigenvalue weighted by atomic mass is 10.1. The minimum atomic E-state index is -0.145. The Morgan fingerprint density at radius 2 is 2.12 bits per heavy atom. The van der Waals surface area contributed by atoms with E-state index in [4.69, 9.17) is 4.74 Å². The zero-order valence-corrected chi connectivity index (χ0v) is 12.2. The molecule has 0 spiro atoms. The summed E-state index contributed by atoms with van der Waals surface area (Å²) in [6, 6.07) is 0. The number of H-pyrrole nitrogens is 1. The molecule has 1 rings (SSSR count). The first kappa shape index (κ1) is 13.6. The Morgan fingerprint density at radius 3 is 2.56 bits per heavy atom. The second-order valence-electron chi connectivity index (χ2n) is 3.97. The van der Waals surface area contributed by atoms with Crippen LogP contribution in [0.25, 0.3) is 0 Å². The Bertz CT molecular complexity index is 415. The maximum absolute atomic E-state index is 11.6. The summed E-state index contributed by atoms with van der Waals surface area (Å²) >= 11 is 2.00. The van der Waals surface area contributed by atoms with Gasteiger partial charge in [0.1, 0.15) is 11.9 Å². The van der Waals surface area contributed by atoms with Crippen LogP contribution in [0.15, 0.2) is 4.79 Å². The largest absolute Gasteiger partial charge is 0.370 e. The molecule has 0 saturated heterocycles. The summed E-state index contributed by atoms with van der Waals surface area (Å²) in [5.41, 5.74) is 0.665. The van der Waals surface area contributed by atoms with Crippen molar-refractivity contribution in [2.45, 2.75) is 33.8 Å². The van der Waals surface area contributed by atoms with E-state index in [0.29, 0.717) is 16.0 Å². The predicted molar refractivity (Wildman–Crippen MR) is 71.5 cm³/mol. The van der Waals surface area contributed by atoms with Gasteiger partial charge in [-0.3, -0.25) is 4.79 Å². The fourth-order valence-corrected chi connectivity index (χ4v) is 1.75. The van der Waals surface area contributed by atoms with Gasteiger partial charge in [0.2, 0.25) is 0 Å². The van der Waals surface area contributed by atoms with Crippen LogP contribution in [0.2, 0.25) is 0 Å². The van der Waals surface area contributed by atoms with Crippen molar-refractivity contribution in [1.82, 2.24) is 9.97 Å². The molecule has 5 heteroatoms. The molecule has 1 atom stereocenters. The molecule has 0 radical (unpaired) electrons. The zero-order valence-electron chi connectivity index (χ0n) is 10.0. The van der Waals surface area contributed by atoms with Gasteiger partial charge in [-0.05, 0) is 42.4 Å². The minimum Gasteiger partial charge on any atom is -0.370 e. The monoisotopic (exact) mass is 336 g/mol. The van der Waals surface area contributed by atoms with E-state index in [1.165, 1.54) is 0 Å². The van der Waals surface area contributed by atoms with Crippen molar-refractivity contribution in [3.05, 3.63) is 25.4 Å². The predicted octanol–water partition coefficient (Wildman–Crippen LogP) is 2.42. The molecule has 0 bridgehead atoms. The summed E-state index contributed by atoms with van der Waals surface area (Å²) in [6.45, 7) is 8.48. The normalized spacial score (nSPS) is 13.1. The number of ether oxygens (including phenoxy) is 1. The van der Waals surface area contributed by atoms with Crippen LogP contribution in [0.3, 0.4) is 0 Å². The van der Waals surface area contributed by atoms with Gasteiger partial charge >= 0.3 is 0 Å². The van der Waals surface area contributed by atoms with Crippen molar-refractivity contribution in [2.24, 2.45) is 5.92 Å². The van der Waals surface area contributed by atoms with E-state index in [2.05, 4.69) is 9.97 Å². The summed E-state index contributed by atoms with van der Waals surface area (Å²) in [4.78, 5) is 18.8. The summed E-state index contributed by atoms with van der Waals surface area (Å²) in [5.74, 6) is 0.905. The Labute approximate surface area is 109 Å². The molecule has 1 heterocycles. The topological polar surface area (TPSA) is 55.0 Å². The van der Waals surface area contributed by atoms with E-state index in [-0.39, 0.29) is 17.6 Å². The smallest absolute Gasteiger partial charge is 0.264 e. The highest BCUT2D eigenvalue weighted by atomic mass is 127.